The van der Waals surface area contributed by atoms with Gasteiger partial charge in [0.1, 0.15) is 0 Å². The summed E-state index contributed by atoms with van der Waals surface area (Å²) in [5.74, 6) is 0. The quantitative estimate of drug-likeness (QED) is 0.537. The zero-order chi connectivity index (χ0) is 9.84. The summed E-state index contributed by atoms with van der Waals surface area (Å²) < 4.78 is 0. The Morgan fingerprint density at radius 3 is 2.77 bits per heavy atom. The first-order valence-electron chi connectivity index (χ1n) is 3.57. The van der Waals surface area contributed by atoms with Crippen LogP contribution < -0.4 is 5.73 Å². The van der Waals surface area contributed by atoms with Crippen molar-refractivity contribution < 1.29 is 4.92 Å². The van der Waals surface area contributed by atoms with Crippen molar-refractivity contribution in [3.05, 3.63) is 39.4 Å². The number of benzene rings is 1. The van der Waals surface area contributed by atoms with Gasteiger partial charge in [-0.1, -0.05) is 6.07 Å². The summed E-state index contributed by atoms with van der Waals surface area (Å²) in [5.41, 5.74) is 5.76. The van der Waals surface area contributed by atoms with Crippen LogP contribution in [0.3, 0.4) is 0 Å². The Hall–Kier alpha value is -1.93. The predicted octanol–water partition coefficient (Wildman–Crippen LogP) is 0.925. The van der Waals surface area contributed by atoms with Crippen LogP contribution in [0.15, 0.2) is 18.2 Å². The second-order valence-electron chi connectivity index (χ2n) is 2.38. The van der Waals surface area contributed by atoms with Crippen LogP contribution in [0.25, 0.3) is 0 Å². The van der Waals surface area contributed by atoms with Crippen molar-refractivity contribution >= 4 is 5.69 Å². The standard InChI is InChI=1S/C8H7N3O2/c9-4-6-2-1-3-8(11(12)13)7(6)5-10/h1-3H,5,10H2. The van der Waals surface area contributed by atoms with Gasteiger partial charge in [0.2, 0.25) is 0 Å². The SMILES string of the molecule is N#Cc1cccc([N+](=O)[O-])c1CN. The average molecular weight is 177 g/mol. The molecule has 0 spiro atoms. The highest BCUT2D eigenvalue weighted by atomic mass is 16.6. The Morgan fingerprint density at radius 1 is 1.62 bits per heavy atom. The summed E-state index contributed by atoms with van der Waals surface area (Å²) >= 11 is 0. The van der Waals surface area contributed by atoms with Crippen LogP contribution >= 0.6 is 0 Å². The maximum atomic E-state index is 10.5. The molecule has 0 heterocycles. The first kappa shape index (κ1) is 9.16. The van der Waals surface area contributed by atoms with Crippen molar-refractivity contribution in [2.24, 2.45) is 5.73 Å². The van der Waals surface area contributed by atoms with Gasteiger partial charge in [0.15, 0.2) is 0 Å². The van der Waals surface area contributed by atoms with Crippen molar-refractivity contribution in [3.63, 3.8) is 0 Å². The van der Waals surface area contributed by atoms with E-state index in [2.05, 4.69) is 0 Å². The third kappa shape index (κ3) is 1.63. The number of nitriles is 1. The molecule has 0 atom stereocenters. The molecule has 5 nitrogen and oxygen atoms in total. The number of rotatable bonds is 2. The largest absolute Gasteiger partial charge is 0.326 e. The van der Waals surface area contributed by atoms with Gasteiger partial charge in [-0.25, -0.2) is 0 Å². The maximum Gasteiger partial charge on any atom is 0.275 e. The molecular weight excluding hydrogens is 170 g/mol. The lowest BCUT2D eigenvalue weighted by Crippen LogP contribution is -2.04. The van der Waals surface area contributed by atoms with E-state index in [4.69, 9.17) is 11.0 Å². The second-order valence-corrected chi connectivity index (χ2v) is 2.38. The molecule has 1 aromatic rings. The lowest BCUT2D eigenvalue weighted by Gasteiger charge is -2.00. The molecule has 2 N–H and O–H groups in total. The fourth-order valence-electron chi connectivity index (χ4n) is 1.06. The second kappa shape index (κ2) is 3.65. The summed E-state index contributed by atoms with van der Waals surface area (Å²) in [6.45, 7) is 0.0000463. The minimum atomic E-state index is -0.539. The van der Waals surface area contributed by atoms with Crippen molar-refractivity contribution in [2.45, 2.75) is 6.54 Å². The Kier molecular flexibility index (Phi) is 2.57. The Bertz CT molecular complexity index is 381. The van der Waals surface area contributed by atoms with Crippen LogP contribution in [-0.2, 0) is 6.54 Å². The molecule has 0 saturated carbocycles. The predicted molar refractivity (Wildman–Crippen MR) is 45.7 cm³/mol. The highest BCUT2D eigenvalue weighted by molar-refractivity contribution is 5.50. The summed E-state index contributed by atoms with van der Waals surface area (Å²) in [6, 6.07) is 6.17. The molecule has 5 heteroatoms. The zero-order valence-corrected chi connectivity index (χ0v) is 6.73. The van der Waals surface area contributed by atoms with E-state index in [1.807, 2.05) is 6.07 Å². The molecule has 0 aliphatic heterocycles. The van der Waals surface area contributed by atoms with Crippen molar-refractivity contribution in [1.29, 1.82) is 5.26 Å². The van der Waals surface area contributed by atoms with Gasteiger partial charge in [-0.3, -0.25) is 10.1 Å². The number of hydrogen-bond donors (Lipinski definition) is 1. The molecule has 0 aliphatic carbocycles. The Morgan fingerprint density at radius 2 is 2.31 bits per heavy atom. The fourth-order valence-corrected chi connectivity index (χ4v) is 1.06. The molecule has 1 rings (SSSR count). The van der Waals surface area contributed by atoms with Gasteiger partial charge in [-0.15, -0.1) is 0 Å². The van der Waals surface area contributed by atoms with Gasteiger partial charge in [0.25, 0.3) is 5.69 Å². The number of nitrogens with two attached hydrogens (primary N) is 1. The minimum Gasteiger partial charge on any atom is -0.326 e. The first-order valence-corrected chi connectivity index (χ1v) is 3.57. The van der Waals surface area contributed by atoms with Crippen molar-refractivity contribution in [3.8, 4) is 6.07 Å². The average Bonchev–Trinajstić information content (AvgIpc) is 2.16. The Balaban J connectivity index is 3.38. The molecule has 0 aromatic heterocycles. The van der Waals surface area contributed by atoms with Crippen LogP contribution in [0, 0.1) is 21.4 Å². The molecule has 0 radical (unpaired) electrons. The van der Waals surface area contributed by atoms with E-state index in [9.17, 15) is 10.1 Å². The molecular formula is C8H7N3O2. The monoisotopic (exact) mass is 177 g/mol. The highest BCUT2D eigenvalue weighted by Crippen LogP contribution is 2.20. The van der Waals surface area contributed by atoms with Crippen molar-refractivity contribution in [1.82, 2.24) is 0 Å². The van der Waals surface area contributed by atoms with Gasteiger partial charge in [-0.2, -0.15) is 5.26 Å². The van der Waals surface area contributed by atoms with Crippen LogP contribution in [0.4, 0.5) is 5.69 Å². The smallest absolute Gasteiger partial charge is 0.275 e. The van der Waals surface area contributed by atoms with E-state index < -0.39 is 4.92 Å². The molecule has 13 heavy (non-hydrogen) atoms. The van der Waals surface area contributed by atoms with Crippen LogP contribution in [0.2, 0.25) is 0 Å². The summed E-state index contributed by atoms with van der Waals surface area (Å²) in [7, 11) is 0. The van der Waals surface area contributed by atoms with Gasteiger partial charge >= 0.3 is 0 Å². The van der Waals surface area contributed by atoms with Gasteiger partial charge in [-0.05, 0) is 6.07 Å². The molecule has 0 unspecified atom stereocenters. The lowest BCUT2D eigenvalue weighted by molar-refractivity contribution is -0.385. The third-order valence-electron chi connectivity index (χ3n) is 1.67. The van der Waals surface area contributed by atoms with E-state index in [1.54, 1.807) is 0 Å². The topological polar surface area (TPSA) is 92.9 Å². The van der Waals surface area contributed by atoms with E-state index in [0.29, 0.717) is 0 Å². The zero-order valence-electron chi connectivity index (χ0n) is 6.73. The molecule has 0 saturated heterocycles. The normalized spacial score (nSPS) is 9.23. The van der Waals surface area contributed by atoms with E-state index in [1.165, 1.54) is 18.2 Å². The summed E-state index contributed by atoms with van der Waals surface area (Å²) in [6.07, 6.45) is 0. The number of hydrogen-bond acceptors (Lipinski definition) is 4. The van der Waals surface area contributed by atoms with Crippen LogP contribution in [-0.4, -0.2) is 4.92 Å². The van der Waals surface area contributed by atoms with Crippen LogP contribution in [0.1, 0.15) is 11.1 Å². The van der Waals surface area contributed by atoms with E-state index >= 15 is 0 Å². The molecule has 66 valence electrons. The molecule has 0 aliphatic rings. The highest BCUT2D eigenvalue weighted by Gasteiger charge is 2.15. The molecule has 0 bridgehead atoms. The van der Waals surface area contributed by atoms with Crippen LogP contribution in [0.5, 0.6) is 0 Å². The van der Waals surface area contributed by atoms with E-state index in [0.717, 1.165) is 0 Å². The number of nitrogens with zero attached hydrogens (tertiary/aromatic N) is 2. The van der Waals surface area contributed by atoms with E-state index in [-0.39, 0.29) is 23.4 Å². The van der Waals surface area contributed by atoms with Gasteiger partial charge in [0, 0.05) is 12.6 Å². The summed E-state index contributed by atoms with van der Waals surface area (Å²) in [5, 5.41) is 19.1. The molecule has 0 fully saturated rings. The molecule has 0 amide bonds. The van der Waals surface area contributed by atoms with Gasteiger partial charge < -0.3 is 5.73 Å². The van der Waals surface area contributed by atoms with Gasteiger partial charge in [0.05, 0.1) is 22.1 Å². The summed E-state index contributed by atoms with van der Waals surface area (Å²) in [4.78, 5) is 9.95. The minimum absolute atomic E-state index is 0.0000463. The Labute approximate surface area is 74.5 Å². The third-order valence-corrected chi connectivity index (χ3v) is 1.67. The lowest BCUT2D eigenvalue weighted by atomic mass is 10.1. The fraction of sp³-hybridized carbons (Fsp3) is 0.125. The first-order chi connectivity index (χ1) is 6.20. The molecule has 1 aromatic carbocycles. The maximum absolute atomic E-state index is 10.5. The van der Waals surface area contributed by atoms with Crippen molar-refractivity contribution in [2.75, 3.05) is 0 Å². The number of nitro benzene ring substituents is 1. The number of nitro groups is 1.